The molecule has 2 rings (SSSR count). The van der Waals surface area contributed by atoms with Crippen LogP contribution >= 0.6 is 28.3 Å². The Morgan fingerprint density at radius 1 is 1.38 bits per heavy atom. The molecule has 0 bridgehead atoms. The lowest BCUT2D eigenvalue weighted by Crippen LogP contribution is -2.49. The molecule has 8 heteroatoms. The van der Waals surface area contributed by atoms with E-state index in [0.717, 1.165) is 23.7 Å². The van der Waals surface area contributed by atoms with Gasteiger partial charge in [0, 0.05) is 36.6 Å². The topological polar surface area (TPSA) is 95.7 Å². The summed E-state index contributed by atoms with van der Waals surface area (Å²) in [7, 11) is 0. The first-order chi connectivity index (χ1) is 11.0. The van der Waals surface area contributed by atoms with Crippen molar-refractivity contribution in [2.75, 3.05) is 19.6 Å². The van der Waals surface area contributed by atoms with Gasteiger partial charge in [-0.3, -0.25) is 9.59 Å². The van der Waals surface area contributed by atoms with E-state index in [9.17, 15) is 14.7 Å². The molecule has 1 unspecified atom stereocenters. The third-order valence-electron chi connectivity index (χ3n) is 3.98. The van der Waals surface area contributed by atoms with Gasteiger partial charge in [0.1, 0.15) is 5.75 Å². The Labute approximate surface area is 156 Å². The summed E-state index contributed by atoms with van der Waals surface area (Å²) in [5.41, 5.74) is 5.64. The second kappa shape index (κ2) is 9.86. The lowest BCUT2D eigenvalue weighted by molar-refractivity contribution is -0.121. The number of nitrogens with one attached hydrogen (secondary N) is 1. The number of rotatable bonds is 5. The van der Waals surface area contributed by atoms with E-state index in [2.05, 4.69) is 21.2 Å². The number of aromatic hydroxyl groups is 1. The number of benzene rings is 1. The molecule has 1 atom stereocenters. The van der Waals surface area contributed by atoms with Crippen LogP contribution in [0.5, 0.6) is 5.75 Å². The molecule has 24 heavy (non-hydrogen) atoms. The second-order valence-electron chi connectivity index (χ2n) is 5.65. The minimum atomic E-state index is -0.207. The van der Waals surface area contributed by atoms with Gasteiger partial charge in [0.25, 0.3) is 5.91 Å². The third kappa shape index (κ3) is 5.36. The highest BCUT2D eigenvalue weighted by Gasteiger charge is 2.29. The Morgan fingerprint density at radius 3 is 2.83 bits per heavy atom. The normalized spacial score (nSPS) is 17.1. The predicted molar refractivity (Wildman–Crippen MR) is 98.4 cm³/mol. The Balaban J connectivity index is 0.00000288. The monoisotopic (exact) mass is 419 g/mol. The van der Waals surface area contributed by atoms with Gasteiger partial charge in [-0.15, -0.1) is 12.4 Å². The Kier molecular flexibility index (Phi) is 8.52. The zero-order chi connectivity index (χ0) is 16.8. The van der Waals surface area contributed by atoms with E-state index >= 15 is 0 Å². The zero-order valence-electron chi connectivity index (χ0n) is 13.3. The average Bonchev–Trinajstić information content (AvgIpc) is 2.55. The molecule has 134 valence electrons. The van der Waals surface area contributed by atoms with Gasteiger partial charge in [0.05, 0.1) is 5.56 Å². The van der Waals surface area contributed by atoms with Crippen LogP contribution in [0.25, 0.3) is 0 Å². The molecule has 4 N–H and O–H groups in total. The summed E-state index contributed by atoms with van der Waals surface area (Å²) in [6, 6.07) is 4.75. The van der Waals surface area contributed by atoms with Crippen molar-refractivity contribution >= 4 is 40.2 Å². The molecule has 0 saturated carbocycles. The third-order valence-corrected chi connectivity index (χ3v) is 4.48. The standard InChI is InChI=1S/C16H22BrN3O3.ClH/c17-11-4-5-14(21)13(9-11)16(23)20-8-2-1-3-12(20)10-19-15(22)6-7-18;/h4-5,9,12,21H,1-3,6-8,10,18H2,(H,19,22);1H. The molecule has 1 saturated heterocycles. The number of phenols is 1. The lowest BCUT2D eigenvalue weighted by atomic mass is 10.0. The molecule has 1 aromatic carbocycles. The van der Waals surface area contributed by atoms with Crippen molar-refractivity contribution in [1.29, 1.82) is 0 Å². The van der Waals surface area contributed by atoms with Crippen LogP contribution in [0.3, 0.4) is 0 Å². The van der Waals surface area contributed by atoms with Crippen LogP contribution in [0.15, 0.2) is 22.7 Å². The predicted octanol–water partition coefficient (Wildman–Crippen LogP) is 2.04. The smallest absolute Gasteiger partial charge is 0.257 e. The van der Waals surface area contributed by atoms with E-state index in [1.807, 2.05) is 0 Å². The first-order valence-corrected chi connectivity index (χ1v) is 8.58. The Morgan fingerprint density at radius 2 is 2.12 bits per heavy atom. The fourth-order valence-corrected chi connectivity index (χ4v) is 3.13. The van der Waals surface area contributed by atoms with Gasteiger partial charge in [-0.2, -0.15) is 0 Å². The number of piperidine rings is 1. The van der Waals surface area contributed by atoms with Crippen LogP contribution in [0.4, 0.5) is 0 Å². The average molecular weight is 421 g/mol. The summed E-state index contributed by atoms with van der Waals surface area (Å²) < 4.78 is 0.739. The van der Waals surface area contributed by atoms with E-state index in [4.69, 9.17) is 5.73 Å². The molecule has 0 aromatic heterocycles. The molecular formula is C16H23BrClN3O3. The largest absolute Gasteiger partial charge is 0.507 e. The number of nitrogens with two attached hydrogens (primary N) is 1. The quantitative estimate of drug-likeness (QED) is 0.679. The molecule has 0 spiro atoms. The number of hydrogen-bond acceptors (Lipinski definition) is 4. The van der Waals surface area contributed by atoms with Crippen molar-refractivity contribution in [3.63, 3.8) is 0 Å². The highest BCUT2D eigenvalue weighted by molar-refractivity contribution is 9.10. The molecular weight excluding hydrogens is 398 g/mol. The van der Waals surface area contributed by atoms with Crippen LogP contribution < -0.4 is 11.1 Å². The minimum Gasteiger partial charge on any atom is -0.507 e. The van der Waals surface area contributed by atoms with Crippen molar-refractivity contribution < 1.29 is 14.7 Å². The van der Waals surface area contributed by atoms with Crippen molar-refractivity contribution in [3.05, 3.63) is 28.2 Å². The van der Waals surface area contributed by atoms with Gasteiger partial charge < -0.3 is 21.1 Å². The van der Waals surface area contributed by atoms with Gasteiger partial charge in [0.15, 0.2) is 0 Å². The van der Waals surface area contributed by atoms with Gasteiger partial charge >= 0.3 is 0 Å². The van der Waals surface area contributed by atoms with Crippen LogP contribution in [-0.4, -0.2) is 47.5 Å². The SMILES string of the molecule is Cl.NCCC(=O)NCC1CCCCN1C(=O)c1cc(Br)ccc1O. The zero-order valence-corrected chi connectivity index (χ0v) is 15.7. The summed E-state index contributed by atoms with van der Waals surface area (Å²) in [6.45, 7) is 1.35. The summed E-state index contributed by atoms with van der Waals surface area (Å²) in [6.07, 6.45) is 3.07. The first kappa shape index (κ1) is 20.7. The van der Waals surface area contributed by atoms with E-state index in [-0.39, 0.29) is 48.0 Å². The highest BCUT2D eigenvalue weighted by atomic mass is 79.9. The second-order valence-corrected chi connectivity index (χ2v) is 6.57. The molecule has 1 aliphatic heterocycles. The van der Waals surface area contributed by atoms with Crippen molar-refractivity contribution in [2.45, 2.75) is 31.7 Å². The van der Waals surface area contributed by atoms with E-state index in [1.54, 1.807) is 17.0 Å². The van der Waals surface area contributed by atoms with E-state index < -0.39 is 0 Å². The van der Waals surface area contributed by atoms with Crippen molar-refractivity contribution in [1.82, 2.24) is 10.2 Å². The fraction of sp³-hybridized carbons (Fsp3) is 0.500. The van der Waals surface area contributed by atoms with Crippen LogP contribution in [0, 0.1) is 0 Å². The molecule has 2 amide bonds. The van der Waals surface area contributed by atoms with Crippen molar-refractivity contribution in [3.8, 4) is 5.75 Å². The molecule has 0 radical (unpaired) electrons. The molecule has 1 fully saturated rings. The van der Waals surface area contributed by atoms with Gasteiger partial charge in [-0.05, 0) is 37.5 Å². The molecule has 1 aromatic rings. The fourth-order valence-electron chi connectivity index (χ4n) is 2.77. The van der Waals surface area contributed by atoms with Gasteiger partial charge in [0.2, 0.25) is 5.91 Å². The summed E-state index contributed by atoms with van der Waals surface area (Å²) in [4.78, 5) is 26.1. The van der Waals surface area contributed by atoms with Gasteiger partial charge in [-0.1, -0.05) is 15.9 Å². The van der Waals surface area contributed by atoms with Crippen LogP contribution in [-0.2, 0) is 4.79 Å². The number of phenolic OH excluding ortho intramolecular Hbond substituents is 1. The minimum absolute atomic E-state index is 0. The highest BCUT2D eigenvalue weighted by Crippen LogP contribution is 2.26. The number of carbonyl (C=O) groups is 2. The van der Waals surface area contributed by atoms with Gasteiger partial charge in [-0.25, -0.2) is 0 Å². The van der Waals surface area contributed by atoms with E-state index in [0.29, 0.717) is 19.6 Å². The first-order valence-electron chi connectivity index (χ1n) is 7.79. The maximum Gasteiger partial charge on any atom is 0.257 e. The lowest BCUT2D eigenvalue weighted by Gasteiger charge is -2.36. The van der Waals surface area contributed by atoms with Crippen LogP contribution in [0.2, 0.25) is 0 Å². The molecule has 1 aliphatic rings. The number of hydrogen-bond donors (Lipinski definition) is 3. The van der Waals surface area contributed by atoms with Crippen LogP contribution in [0.1, 0.15) is 36.0 Å². The Bertz CT molecular complexity index is 586. The maximum atomic E-state index is 12.8. The number of amides is 2. The molecule has 6 nitrogen and oxygen atoms in total. The number of nitrogens with zero attached hydrogens (tertiary/aromatic N) is 1. The summed E-state index contributed by atoms with van der Waals surface area (Å²) >= 11 is 3.32. The number of carbonyl (C=O) groups excluding carboxylic acids is 2. The molecule has 1 heterocycles. The number of halogens is 2. The van der Waals surface area contributed by atoms with Crippen molar-refractivity contribution in [2.24, 2.45) is 5.73 Å². The summed E-state index contributed by atoms with van der Waals surface area (Å²) in [5.74, 6) is -0.341. The maximum absolute atomic E-state index is 12.8. The van der Waals surface area contributed by atoms with E-state index in [1.165, 1.54) is 6.07 Å². The molecule has 0 aliphatic carbocycles. The number of likely N-dealkylation sites (tertiary alicyclic amines) is 1. The summed E-state index contributed by atoms with van der Waals surface area (Å²) in [5, 5.41) is 12.8. The Hall–Kier alpha value is -1.31.